The van der Waals surface area contributed by atoms with Gasteiger partial charge in [-0.2, -0.15) is 5.26 Å². The van der Waals surface area contributed by atoms with E-state index in [2.05, 4.69) is 26.8 Å². The molecule has 1 aliphatic carbocycles. The molecule has 1 unspecified atom stereocenters. The van der Waals surface area contributed by atoms with Crippen molar-refractivity contribution >= 4 is 0 Å². The summed E-state index contributed by atoms with van der Waals surface area (Å²) in [6.07, 6.45) is 18.4. The maximum Gasteiger partial charge on any atom is 0.0689 e. The second-order valence-electron chi connectivity index (χ2n) is 7.85. The van der Waals surface area contributed by atoms with Crippen LogP contribution >= 0.6 is 0 Å². The van der Waals surface area contributed by atoms with E-state index < -0.39 is 0 Å². The number of nitriles is 1. The minimum atomic E-state index is 0.0723. The van der Waals surface area contributed by atoms with Crippen LogP contribution in [0.3, 0.4) is 0 Å². The Labute approximate surface area is 133 Å². The van der Waals surface area contributed by atoms with Crippen molar-refractivity contribution < 1.29 is 0 Å². The Balaban J connectivity index is 2.38. The van der Waals surface area contributed by atoms with Gasteiger partial charge in [0.05, 0.1) is 11.5 Å². The molecule has 0 saturated heterocycles. The third kappa shape index (κ3) is 7.35. The van der Waals surface area contributed by atoms with Gasteiger partial charge in [-0.25, -0.2) is 0 Å². The maximum atomic E-state index is 9.42. The molecule has 0 aromatic rings. The van der Waals surface area contributed by atoms with Crippen LogP contribution in [0.4, 0.5) is 0 Å². The molecule has 122 valence electrons. The van der Waals surface area contributed by atoms with Gasteiger partial charge in [0.2, 0.25) is 0 Å². The molecule has 0 heterocycles. The first-order chi connectivity index (χ1) is 10.1. The summed E-state index contributed by atoms with van der Waals surface area (Å²) < 4.78 is 0. The summed E-state index contributed by atoms with van der Waals surface area (Å²) in [7, 11) is 0. The lowest BCUT2D eigenvalue weighted by Gasteiger charge is -2.32. The Morgan fingerprint density at radius 2 is 1.33 bits per heavy atom. The summed E-state index contributed by atoms with van der Waals surface area (Å²) in [5, 5.41) is 9.42. The van der Waals surface area contributed by atoms with Gasteiger partial charge in [-0.15, -0.1) is 0 Å². The quantitative estimate of drug-likeness (QED) is 0.334. The Hall–Kier alpha value is -0.510. The number of hydrogen-bond donors (Lipinski definition) is 0. The summed E-state index contributed by atoms with van der Waals surface area (Å²) in [5.41, 5.74) is 0.495. The number of rotatable bonds is 13. The molecule has 1 saturated carbocycles. The van der Waals surface area contributed by atoms with Crippen molar-refractivity contribution in [2.75, 3.05) is 0 Å². The number of nitrogens with zero attached hydrogens (tertiary/aromatic N) is 1. The summed E-state index contributed by atoms with van der Waals surface area (Å²) >= 11 is 0. The lowest BCUT2D eigenvalue weighted by molar-refractivity contribution is 0.200. The molecule has 1 atom stereocenters. The molecule has 1 rings (SSSR count). The van der Waals surface area contributed by atoms with Gasteiger partial charge in [-0.05, 0) is 37.5 Å². The molecule has 1 fully saturated rings. The van der Waals surface area contributed by atoms with E-state index in [0.717, 1.165) is 19.3 Å². The fraction of sp³-hybridized carbons (Fsp3) is 0.950. The molecule has 0 amide bonds. The van der Waals surface area contributed by atoms with Crippen LogP contribution < -0.4 is 0 Å². The molecular weight excluding hydrogens is 254 g/mol. The van der Waals surface area contributed by atoms with Gasteiger partial charge in [-0.1, -0.05) is 78.6 Å². The van der Waals surface area contributed by atoms with Gasteiger partial charge in [-0.3, -0.25) is 0 Å². The third-order valence-electron chi connectivity index (χ3n) is 5.37. The predicted octanol–water partition coefficient (Wildman–Crippen LogP) is 7.02. The molecule has 0 radical (unpaired) electrons. The molecule has 0 N–H and O–H groups in total. The number of unbranched alkanes of at least 4 members (excludes halogenated alkanes) is 7. The van der Waals surface area contributed by atoms with Crippen LogP contribution in [-0.4, -0.2) is 0 Å². The van der Waals surface area contributed by atoms with Crippen molar-refractivity contribution in [1.82, 2.24) is 0 Å². The fourth-order valence-corrected chi connectivity index (χ4v) is 3.73. The van der Waals surface area contributed by atoms with Crippen molar-refractivity contribution in [3.63, 3.8) is 0 Å². The fourth-order valence-electron chi connectivity index (χ4n) is 3.73. The summed E-state index contributed by atoms with van der Waals surface area (Å²) in [4.78, 5) is 0. The Morgan fingerprint density at radius 3 is 1.76 bits per heavy atom. The zero-order valence-corrected chi connectivity index (χ0v) is 14.8. The lowest BCUT2D eigenvalue weighted by atomic mass is 9.72. The maximum absolute atomic E-state index is 9.42. The van der Waals surface area contributed by atoms with Gasteiger partial charge in [0, 0.05) is 0 Å². The zero-order valence-electron chi connectivity index (χ0n) is 14.8. The van der Waals surface area contributed by atoms with E-state index in [0.29, 0.717) is 5.41 Å². The standard InChI is InChI=1S/C20H37N/c1-4-6-8-10-12-14-19(3,13-11-9-7-5-2)17-20(18-21)15-16-20/h4-17H2,1-3H3. The number of hydrogen-bond acceptors (Lipinski definition) is 1. The minimum Gasteiger partial charge on any atom is -0.198 e. The van der Waals surface area contributed by atoms with E-state index in [-0.39, 0.29) is 5.41 Å². The lowest BCUT2D eigenvalue weighted by Crippen LogP contribution is -2.21. The predicted molar refractivity (Wildman–Crippen MR) is 92.1 cm³/mol. The van der Waals surface area contributed by atoms with E-state index >= 15 is 0 Å². The van der Waals surface area contributed by atoms with E-state index in [1.54, 1.807) is 0 Å². The van der Waals surface area contributed by atoms with E-state index in [9.17, 15) is 5.26 Å². The van der Waals surface area contributed by atoms with Crippen LogP contribution in [0.2, 0.25) is 0 Å². The van der Waals surface area contributed by atoms with Crippen molar-refractivity contribution in [2.45, 2.75) is 111 Å². The SMILES string of the molecule is CCCCCCCC(C)(CCCCCC)CC1(C#N)CC1. The average molecular weight is 292 g/mol. The highest BCUT2D eigenvalue weighted by Crippen LogP contribution is 2.55. The molecule has 1 aliphatic rings. The van der Waals surface area contributed by atoms with Crippen LogP contribution in [0.5, 0.6) is 0 Å². The zero-order chi connectivity index (χ0) is 15.6. The van der Waals surface area contributed by atoms with Gasteiger partial charge in [0.15, 0.2) is 0 Å². The smallest absolute Gasteiger partial charge is 0.0689 e. The third-order valence-corrected chi connectivity index (χ3v) is 5.37. The molecule has 1 nitrogen and oxygen atoms in total. The van der Waals surface area contributed by atoms with E-state index in [4.69, 9.17) is 0 Å². The monoisotopic (exact) mass is 291 g/mol. The molecule has 0 spiro atoms. The summed E-state index contributed by atoms with van der Waals surface area (Å²) in [6, 6.07) is 2.62. The molecule has 1 heteroatoms. The van der Waals surface area contributed by atoms with Crippen molar-refractivity contribution in [3.05, 3.63) is 0 Å². The Kier molecular flexibility index (Phi) is 8.38. The van der Waals surface area contributed by atoms with Crippen molar-refractivity contribution in [2.24, 2.45) is 10.8 Å². The second kappa shape index (κ2) is 9.50. The highest BCUT2D eigenvalue weighted by atomic mass is 14.5. The Morgan fingerprint density at radius 1 is 0.857 bits per heavy atom. The average Bonchev–Trinajstić information content (AvgIpc) is 3.24. The highest BCUT2D eigenvalue weighted by molar-refractivity contribution is 5.11. The van der Waals surface area contributed by atoms with E-state index in [1.165, 1.54) is 70.6 Å². The first kappa shape index (κ1) is 18.5. The molecule has 0 aliphatic heterocycles. The first-order valence-electron chi connectivity index (χ1n) is 9.51. The molecular formula is C20H37N. The molecule has 0 bridgehead atoms. The van der Waals surface area contributed by atoms with Crippen LogP contribution in [0.1, 0.15) is 111 Å². The van der Waals surface area contributed by atoms with Crippen molar-refractivity contribution in [1.29, 1.82) is 5.26 Å². The second-order valence-corrected chi connectivity index (χ2v) is 7.85. The van der Waals surface area contributed by atoms with E-state index in [1.807, 2.05) is 0 Å². The minimum absolute atomic E-state index is 0.0723. The molecule has 21 heavy (non-hydrogen) atoms. The highest BCUT2D eigenvalue weighted by Gasteiger charge is 2.47. The van der Waals surface area contributed by atoms with Gasteiger partial charge in [0.1, 0.15) is 0 Å². The van der Waals surface area contributed by atoms with Crippen molar-refractivity contribution in [3.8, 4) is 6.07 Å². The van der Waals surface area contributed by atoms with Gasteiger partial charge in [0.25, 0.3) is 0 Å². The van der Waals surface area contributed by atoms with Crippen LogP contribution in [0.25, 0.3) is 0 Å². The summed E-state index contributed by atoms with van der Waals surface area (Å²) in [5.74, 6) is 0. The molecule has 0 aromatic carbocycles. The molecule has 0 aromatic heterocycles. The summed E-state index contributed by atoms with van der Waals surface area (Å²) in [6.45, 7) is 7.03. The van der Waals surface area contributed by atoms with Gasteiger partial charge < -0.3 is 0 Å². The van der Waals surface area contributed by atoms with Crippen LogP contribution in [0, 0.1) is 22.2 Å². The Bertz CT molecular complexity index is 310. The first-order valence-corrected chi connectivity index (χ1v) is 9.51. The normalized spacial score (nSPS) is 19.0. The van der Waals surface area contributed by atoms with Gasteiger partial charge >= 0.3 is 0 Å². The van der Waals surface area contributed by atoms with Crippen LogP contribution in [-0.2, 0) is 0 Å². The largest absolute Gasteiger partial charge is 0.198 e. The van der Waals surface area contributed by atoms with Crippen LogP contribution in [0.15, 0.2) is 0 Å². The topological polar surface area (TPSA) is 23.8 Å².